The van der Waals surface area contributed by atoms with Gasteiger partial charge in [0.15, 0.2) is 0 Å². The number of tetrazole rings is 1. The van der Waals surface area contributed by atoms with Crippen molar-refractivity contribution in [2.45, 2.75) is 44.9 Å². The average molecular weight is 477 g/mol. The fraction of sp³-hybridized carbons (Fsp3) is 0.385. The number of carboxylic acids is 1. The zero-order valence-corrected chi connectivity index (χ0v) is 20.2. The van der Waals surface area contributed by atoms with E-state index in [1.807, 2.05) is 30.3 Å². The van der Waals surface area contributed by atoms with Crippen LogP contribution in [0.4, 0.5) is 0 Å². The summed E-state index contributed by atoms with van der Waals surface area (Å²) in [7, 11) is 0. The molecule has 1 aliphatic heterocycles. The molecule has 2 aromatic carbocycles. The first kappa shape index (κ1) is 24.6. The molecule has 184 valence electrons. The molecule has 1 fully saturated rings. The minimum atomic E-state index is -0.903. The molecule has 2 N–H and O–H groups in total. The summed E-state index contributed by atoms with van der Waals surface area (Å²) < 4.78 is 0. The molecule has 1 aromatic heterocycles. The summed E-state index contributed by atoms with van der Waals surface area (Å²) in [6.07, 6.45) is 1.90. The van der Waals surface area contributed by atoms with E-state index in [0.29, 0.717) is 17.9 Å². The number of phenols is 1. The number of aromatic nitrogens is 4. The molecule has 9 heteroatoms. The van der Waals surface area contributed by atoms with Crippen molar-refractivity contribution in [2.24, 2.45) is 0 Å². The molecule has 2 heterocycles. The maximum Gasteiger partial charge on any atom is 0.305 e. The summed E-state index contributed by atoms with van der Waals surface area (Å²) in [6, 6.07) is 16.2. The maximum absolute atomic E-state index is 10.8. The molecule has 35 heavy (non-hydrogen) atoms. The van der Waals surface area contributed by atoms with E-state index in [0.717, 1.165) is 36.3 Å². The van der Waals surface area contributed by atoms with Crippen LogP contribution in [-0.4, -0.2) is 77.9 Å². The lowest BCUT2D eigenvalue weighted by Crippen LogP contribution is -2.57. The van der Waals surface area contributed by atoms with E-state index >= 15 is 0 Å². The molecule has 3 atom stereocenters. The van der Waals surface area contributed by atoms with E-state index in [-0.39, 0.29) is 24.8 Å². The Bertz CT molecular complexity index is 1160. The van der Waals surface area contributed by atoms with Crippen molar-refractivity contribution < 1.29 is 15.0 Å². The van der Waals surface area contributed by atoms with Crippen LogP contribution in [0.1, 0.15) is 37.4 Å². The number of hydrogen-bond acceptors (Lipinski definition) is 7. The molecule has 0 aliphatic carbocycles. The summed E-state index contributed by atoms with van der Waals surface area (Å²) in [5.41, 5.74) is 2.95. The summed E-state index contributed by atoms with van der Waals surface area (Å²) >= 11 is 0. The third-order valence-corrected chi connectivity index (χ3v) is 6.51. The van der Waals surface area contributed by atoms with Gasteiger partial charge in [-0.25, -0.2) is 0 Å². The van der Waals surface area contributed by atoms with Gasteiger partial charge in [0, 0.05) is 37.3 Å². The number of aliphatic carboxylic acids is 1. The number of piperazine rings is 1. The average Bonchev–Trinajstić information content (AvgIpc) is 3.31. The van der Waals surface area contributed by atoms with E-state index in [4.69, 9.17) is 5.11 Å². The summed E-state index contributed by atoms with van der Waals surface area (Å²) in [5, 5.41) is 31.4. The van der Waals surface area contributed by atoms with Gasteiger partial charge in [-0.15, -0.1) is 16.8 Å². The van der Waals surface area contributed by atoms with Crippen LogP contribution in [0.3, 0.4) is 0 Å². The Morgan fingerprint density at radius 1 is 1.14 bits per heavy atom. The molecule has 0 bridgehead atoms. The largest absolute Gasteiger partial charge is 0.508 e. The Morgan fingerprint density at radius 3 is 2.60 bits per heavy atom. The SMILES string of the molecule is C=CCN1C[C@H](C)N([C@H](c2ccc(-c3nnn(CCC(=O)O)n3)cc2)c2cccc(O)c2)C[C@H]1C. The Kier molecular flexibility index (Phi) is 7.57. The Morgan fingerprint density at radius 2 is 1.91 bits per heavy atom. The Hall–Kier alpha value is -3.56. The topological polar surface area (TPSA) is 108 Å². The van der Waals surface area contributed by atoms with Crippen LogP contribution >= 0.6 is 0 Å². The molecule has 0 amide bonds. The van der Waals surface area contributed by atoms with Crippen molar-refractivity contribution in [1.29, 1.82) is 0 Å². The second kappa shape index (κ2) is 10.8. The van der Waals surface area contributed by atoms with Gasteiger partial charge in [0.2, 0.25) is 5.82 Å². The second-order valence-electron chi connectivity index (χ2n) is 9.11. The Labute approximate surface area is 205 Å². The van der Waals surface area contributed by atoms with Crippen LogP contribution in [-0.2, 0) is 11.3 Å². The quantitative estimate of drug-likeness (QED) is 0.454. The zero-order valence-electron chi connectivity index (χ0n) is 20.2. The first-order valence-electron chi connectivity index (χ1n) is 11.8. The second-order valence-corrected chi connectivity index (χ2v) is 9.11. The number of phenolic OH excluding ortho intramolecular Hbond substituents is 1. The van der Waals surface area contributed by atoms with Gasteiger partial charge in [-0.3, -0.25) is 14.6 Å². The van der Waals surface area contributed by atoms with Crippen LogP contribution in [0.2, 0.25) is 0 Å². The van der Waals surface area contributed by atoms with Gasteiger partial charge in [-0.05, 0) is 42.3 Å². The van der Waals surface area contributed by atoms with Crippen LogP contribution in [0.25, 0.3) is 11.4 Å². The molecule has 0 unspecified atom stereocenters. The van der Waals surface area contributed by atoms with Gasteiger partial charge < -0.3 is 10.2 Å². The third kappa shape index (κ3) is 5.75. The smallest absolute Gasteiger partial charge is 0.305 e. The minimum absolute atomic E-state index is 0.0290. The summed E-state index contributed by atoms with van der Waals surface area (Å²) in [6.45, 7) is 11.2. The van der Waals surface area contributed by atoms with E-state index < -0.39 is 5.97 Å². The van der Waals surface area contributed by atoms with Gasteiger partial charge in [0.1, 0.15) is 5.75 Å². The van der Waals surface area contributed by atoms with E-state index in [1.54, 1.807) is 6.07 Å². The lowest BCUT2D eigenvalue weighted by atomic mass is 9.92. The monoisotopic (exact) mass is 476 g/mol. The van der Waals surface area contributed by atoms with Crippen LogP contribution in [0.5, 0.6) is 5.75 Å². The predicted octanol–water partition coefficient (Wildman–Crippen LogP) is 3.19. The normalized spacial score (nSPS) is 19.9. The molecule has 9 nitrogen and oxygen atoms in total. The van der Waals surface area contributed by atoms with Gasteiger partial charge in [-0.2, -0.15) is 4.80 Å². The molecule has 1 aliphatic rings. The van der Waals surface area contributed by atoms with E-state index in [9.17, 15) is 9.90 Å². The third-order valence-electron chi connectivity index (χ3n) is 6.51. The van der Waals surface area contributed by atoms with Crippen molar-refractivity contribution >= 4 is 5.97 Å². The minimum Gasteiger partial charge on any atom is -0.508 e. The highest BCUT2D eigenvalue weighted by atomic mass is 16.4. The van der Waals surface area contributed by atoms with Gasteiger partial charge in [-0.1, -0.05) is 42.5 Å². The molecular weight excluding hydrogens is 444 g/mol. The fourth-order valence-electron chi connectivity index (χ4n) is 4.74. The fourth-order valence-corrected chi connectivity index (χ4v) is 4.74. The number of carbonyl (C=O) groups is 1. The number of rotatable bonds is 9. The number of carboxylic acid groups (broad SMARTS) is 1. The number of nitrogens with zero attached hydrogens (tertiary/aromatic N) is 6. The van der Waals surface area contributed by atoms with Crippen LogP contribution < -0.4 is 0 Å². The predicted molar refractivity (Wildman–Crippen MR) is 133 cm³/mol. The van der Waals surface area contributed by atoms with Crippen molar-refractivity contribution in [3.8, 4) is 17.1 Å². The van der Waals surface area contributed by atoms with Gasteiger partial charge in [0.05, 0.1) is 19.0 Å². The molecule has 4 rings (SSSR count). The first-order valence-corrected chi connectivity index (χ1v) is 11.8. The highest BCUT2D eigenvalue weighted by Gasteiger charge is 2.34. The standard InChI is InChI=1S/C26H32N6O3/c1-4-13-30-16-19(3)31(17-18(30)2)25(22-6-5-7-23(33)15-22)20-8-10-21(11-9-20)26-27-29-32(28-26)14-12-24(34)35/h4-11,15,18-19,25,33H,1,12-14,16-17H2,2-3H3,(H,34,35)/t18-,19+,25-/m1/s1. The molecule has 0 saturated carbocycles. The summed E-state index contributed by atoms with van der Waals surface area (Å²) in [4.78, 5) is 17.0. The van der Waals surface area contributed by atoms with E-state index in [2.05, 4.69) is 63.8 Å². The van der Waals surface area contributed by atoms with Crippen LogP contribution in [0, 0.1) is 0 Å². The molecule has 0 spiro atoms. The zero-order chi connectivity index (χ0) is 24.9. The highest BCUT2D eigenvalue weighted by Crippen LogP contribution is 2.35. The number of benzene rings is 2. The summed E-state index contributed by atoms with van der Waals surface area (Å²) in [5.74, 6) is -0.201. The number of aryl methyl sites for hydroxylation is 1. The molecular formula is C26H32N6O3. The van der Waals surface area contributed by atoms with Gasteiger partial charge in [0.25, 0.3) is 0 Å². The number of hydrogen-bond donors (Lipinski definition) is 2. The molecule has 0 radical (unpaired) electrons. The highest BCUT2D eigenvalue weighted by molar-refractivity contribution is 5.66. The lowest BCUT2D eigenvalue weighted by Gasteiger charge is -2.47. The lowest BCUT2D eigenvalue weighted by molar-refractivity contribution is -0.137. The van der Waals surface area contributed by atoms with Gasteiger partial charge >= 0.3 is 5.97 Å². The van der Waals surface area contributed by atoms with Crippen molar-refractivity contribution in [3.05, 3.63) is 72.3 Å². The molecule has 3 aromatic rings. The van der Waals surface area contributed by atoms with Crippen molar-refractivity contribution in [1.82, 2.24) is 30.0 Å². The molecule has 1 saturated heterocycles. The van der Waals surface area contributed by atoms with Crippen molar-refractivity contribution in [2.75, 3.05) is 19.6 Å². The Balaban J connectivity index is 1.62. The van der Waals surface area contributed by atoms with E-state index in [1.165, 1.54) is 4.80 Å². The van der Waals surface area contributed by atoms with Crippen LogP contribution in [0.15, 0.2) is 61.2 Å². The van der Waals surface area contributed by atoms with Crippen molar-refractivity contribution in [3.63, 3.8) is 0 Å². The number of aromatic hydroxyl groups is 1. The maximum atomic E-state index is 10.8. The first-order chi connectivity index (χ1) is 16.9.